The molecule has 0 spiro atoms. The first kappa shape index (κ1) is 21.2. The molecule has 4 nitrogen and oxygen atoms in total. The molecule has 0 aromatic carbocycles. The van der Waals surface area contributed by atoms with Gasteiger partial charge in [-0.2, -0.15) is 0 Å². The number of hydrogen-bond donors (Lipinski definition) is 2. The van der Waals surface area contributed by atoms with E-state index in [1.54, 1.807) is 11.3 Å². The van der Waals surface area contributed by atoms with Gasteiger partial charge < -0.3 is 15.4 Å². The molecule has 2 N–H and O–H groups in total. The number of methoxy groups -OCH3 is 1. The van der Waals surface area contributed by atoms with E-state index in [1.807, 2.05) is 0 Å². The monoisotopic (exact) mass is 396 g/mol. The van der Waals surface area contributed by atoms with Crippen molar-refractivity contribution in [3.05, 3.63) is 16.0 Å². The summed E-state index contributed by atoms with van der Waals surface area (Å²) in [5.74, 6) is 0.374. The van der Waals surface area contributed by atoms with Gasteiger partial charge in [0.1, 0.15) is 5.00 Å². The smallest absolute Gasteiger partial charge is 0.341 e. The molecule has 0 amide bonds. The maximum atomic E-state index is 12.4. The largest absolute Gasteiger partial charge is 0.465 e. The fourth-order valence-electron chi connectivity index (χ4n) is 3.48. The standard InChI is InChI=1S/C20H32N2O2S2/c1-4-6-10-14(5-2)13-21-20(25)22-18-17(19(23)24-3)15-11-8-7-9-12-16(15)26-18/h14H,4-13H2,1-3H3,(H2,21,22,25). The van der Waals surface area contributed by atoms with Crippen molar-refractivity contribution in [1.82, 2.24) is 5.32 Å². The number of fused-ring (bicyclic) bond motifs is 1. The molecule has 1 aliphatic carbocycles. The predicted molar refractivity (Wildman–Crippen MR) is 114 cm³/mol. The van der Waals surface area contributed by atoms with E-state index in [2.05, 4.69) is 24.5 Å². The van der Waals surface area contributed by atoms with Crippen molar-refractivity contribution in [2.75, 3.05) is 19.0 Å². The van der Waals surface area contributed by atoms with Gasteiger partial charge in [0.05, 0.1) is 12.7 Å². The number of carbonyl (C=O) groups excluding carboxylic acids is 1. The Hall–Kier alpha value is -1.14. The Morgan fingerprint density at radius 2 is 2.04 bits per heavy atom. The lowest BCUT2D eigenvalue weighted by Gasteiger charge is -2.17. The van der Waals surface area contributed by atoms with E-state index in [0.29, 0.717) is 16.6 Å². The third-order valence-corrected chi connectivity index (χ3v) is 6.59. The van der Waals surface area contributed by atoms with E-state index in [-0.39, 0.29) is 5.97 Å². The zero-order chi connectivity index (χ0) is 18.9. The van der Waals surface area contributed by atoms with Gasteiger partial charge in [0, 0.05) is 11.4 Å². The number of thiocarbonyl (C=S) groups is 1. The molecule has 1 aromatic rings. The minimum absolute atomic E-state index is 0.260. The van der Waals surface area contributed by atoms with Gasteiger partial charge in [0.15, 0.2) is 5.11 Å². The van der Waals surface area contributed by atoms with Crippen LogP contribution in [0.15, 0.2) is 0 Å². The van der Waals surface area contributed by atoms with Crippen LogP contribution in [-0.2, 0) is 17.6 Å². The summed E-state index contributed by atoms with van der Waals surface area (Å²) in [6.07, 6.45) is 10.4. The fraction of sp³-hybridized carbons (Fsp3) is 0.700. The summed E-state index contributed by atoms with van der Waals surface area (Å²) < 4.78 is 5.05. The van der Waals surface area contributed by atoms with Crippen molar-refractivity contribution in [3.8, 4) is 0 Å². The van der Waals surface area contributed by atoms with Gasteiger partial charge in [-0.25, -0.2) is 4.79 Å². The number of carbonyl (C=O) groups is 1. The van der Waals surface area contributed by atoms with Crippen molar-refractivity contribution in [1.29, 1.82) is 0 Å². The number of unbranched alkanes of at least 4 members (excludes halogenated alkanes) is 1. The minimum Gasteiger partial charge on any atom is -0.465 e. The summed E-state index contributed by atoms with van der Waals surface area (Å²) in [6, 6.07) is 0. The molecule has 26 heavy (non-hydrogen) atoms. The van der Waals surface area contributed by atoms with Gasteiger partial charge in [-0.15, -0.1) is 11.3 Å². The Balaban J connectivity index is 2.05. The van der Waals surface area contributed by atoms with Crippen LogP contribution in [0.1, 0.15) is 79.6 Å². The van der Waals surface area contributed by atoms with Crippen LogP contribution < -0.4 is 10.6 Å². The van der Waals surface area contributed by atoms with Gasteiger partial charge >= 0.3 is 5.97 Å². The summed E-state index contributed by atoms with van der Waals surface area (Å²) in [7, 11) is 1.45. The number of aryl methyl sites for hydroxylation is 1. The van der Waals surface area contributed by atoms with Gasteiger partial charge in [0.25, 0.3) is 0 Å². The van der Waals surface area contributed by atoms with Gasteiger partial charge in [-0.1, -0.05) is 39.5 Å². The van der Waals surface area contributed by atoms with Crippen LogP contribution in [0.2, 0.25) is 0 Å². The number of anilines is 1. The molecule has 1 aliphatic rings. The molecule has 0 saturated heterocycles. The Kier molecular flexibility index (Phi) is 8.85. The Morgan fingerprint density at radius 3 is 2.73 bits per heavy atom. The summed E-state index contributed by atoms with van der Waals surface area (Å²) >= 11 is 7.16. The molecule has 0 aliphatic heterocycles. The fourth-order valence-corrected chi connectivity index (χ4v) is 5.01. The van der Waals surface area contributed by atoms with Crippen molar-refractivity contribution in [2.24, 2.45) is 5.92 Å². The summed E-state index contributed by atoms with van der Waals surface area (Å²) in [5.41, 5.74) is 1.86. The highest BCUT2D eigenvalue weighted by molar-refractivity contribution is 7.80. The Morgan fingerprint density at radius 1 is 1.27 bits per heavy atom. The molecule has 146 valence electrons. The second-order valence-electron chi connectivity index (χ2n) is 7.01. The molecule has 1 heterocycles. The predicted octanol–water partition coefficient (Wildman–Crippen LogP) is 5.31. The molecule has 1 aromatic heterocycles. The molecule has 0 radical (unpaired) electrons. The van der Waals surface area contributed by atoms with Crippen LogP contribution in [-0.4, -0.2) is 24.7 Å². The zero-order valence-electron chi connectivity index (χ0n) is 16.3. The van der Waals surface area contributed by atoms with Gasteiger partial charge in [-0.3, -0.25) is 0 Å². The first-order chi connectivity index (χ1) is 12.6. The maximum absolute atomic E-state index is 12.4. The number of thiophene rings is 1. The zero-order valence-corrected chi connectivity index (χ0v) is 17.9. The van der Waals surface area contributed by atoms with Crippen LogP contribution in [0.3, 0.4) is 0 Å². The topological polar surface area (TPSA) is 50.4 Å². The number of ether oxygens (including phenoxy) is 1. The van der Waals surface area contributed by atoms with Gasteiger partial charge in [-0.05, 0) is 55.8 Å². The van der Waals surface area contributed by atoms with Crippen LogP contribution in [0.5, 0.6) is 0 Å². The number of hydrogen-bond acceptors (Lipinski definition) is 4. The molecular formula is C20H32N2O2S2. The minimum atomic E-state index is -0.260. The second kappa shape index (κ2) is 10.9. The molecule has 1 unspecified atom stereocenters. The number of nitrogens with one attached hydrogen (secondary N) is 2. The second-order valence-corrected chi connectivity index (χ2v) is 8.53. The Bertz CT molecular complexity index is 613. The van der Waals surface area contributed by atoms with E-state index in [1.165, 1.54) is 49.7 Å². The first-order valence-electron chi connectivity index (χ1n) is 9.88. The first-order valence-corrected chi connectivity index (χ1v) is 11.1. The van der Waals surface area contributed by atoms with Crippen LogP contribution in [0.4, 0.5) is 5.00 Å². The van der Waals surface area contributed by atoms with Crippen molar-refractivity contribution >= 4 is 39.6 Å². The van der Waals surface area contributed by atoms with E-state index in [0.717, 1.165) is 37.2 Å². The highest BCUT2D eigenvalue weighted by atomic mass is 32.1. The maximum Gasteiger partial charge on any atom is 0.341 e. The summed E-state index contributed by atoms with van der Waals surface area (Å²) in [6.45, 7) is 5.33. The van der Waals surface area contributed by atoms with Crippen molar-refractivity contribution < 1.29 is 9.53 Å². The lowest BCUT2D eigenvalue weighted by molar-refractivity contribution is 0.0601. The van der Waals surface area contributed by atoms with Crippen LogP contribution in [0, 0.1) is 5.92 Å². The summed E-state index contributed by atoms with van der Waals surface area (Å²) in [5, 5.41) is 8.05. The number of esters is 1. The van der Waals surface area contributed by atoms with Crippen molar-refractivity contribution in [3.63, 3.8) is 0 Å². The van der Waals surface area contributed by atoms with Crippen LogP contribution in [0.25, 0.3) is 0 Å². The molecule has 2 rings (SSSR count). The molecular weight excluding hydrogens is 364 g/mol. The Labute approximate surface area is 167 Å². The van der Waals surface area contributed by atoms with E-state index < -0.39 is 0 Å². The highest BCUT2D eigenvalue weighted by Crippen LogP contribution is 2.37. The van der Waals surface area contributed by atoms with E-state index in [4.69, 9.17) is 17.0 Å². The SMILES string of the molecule is CCCCC(CC)CNC(=S)Nc1sc2c(c1C(=O)OC)CCCCC2. The highest BCUT2D eigenvalue weighted by Gasteiger charge is 2.25. The molecule has 0 bridgehead atoms. The van der Waals surface area contributed by atoms with E-state index in [9.17, 15) is 4.79 Å². The quantitative estimate of drug-likeness (QED) is 0.354. The lowest BCUT2D eigenvalue weighted by Crippen LogP contribution is -2.33. The molecule has 0 fully saturated rings. The number of rotatable bonds is 8. The average molecular weight is 397 g/mol. The normalized spacial score (nSPS) is 14.9. The third kappa shape index (κ3) is 5.68. The third-order valence-electron chi connectivity index (χ3n) is 5.13. The molecule has 1 atom stereocenters. The lowest BCUT2D eigenvalue weighted by atomic mass is 9.99. The molecule has 6 heteroatoms. The van der Waals surface area contributed by atoms with Crippen molar-refractivity contribution in [2.45, 2.75) is 71.6 Å². The van der Waals surface area contributed by atoms with Crippen LogP contribution >= 0.6 is 23.6 Å². The summed E-state index contributed by atoms with van der Waals surface area (Å²) in [4.78, 5) is 13.7. The average Bonchev–Trinajstić information content (AvgIpc) is 2.82. The van der Waals surface area contributed by atoms with E-state index >= 15 is 0 Å². The molecule has 0 saturated carbocycles. The van der Waals surface area contributed by atoms with Gasteiger partial charge in [0.2, 0.25) is 0 Å².